The normalized spacial score (nSPS) is 14.4. The molecule has 2 heterocycles. The van der Waals surface area contributed by atoms with Crippen molar-refractivity contribution in [2.75, 3.05) is 18.5 Å². The van der Waals surface area contributed by atoms with E-state index in [1.54, 1.807) is 20.8 Å². The summed E-state index contributed by atoms with van der Waals surface area (Å²) in [5.41, 5.74) is -1.35. The van der Waals surface area contributed by atoms with Gasteiger partial charge in [0.2, 0.25) is 11.7 Å². The summed E-state index contributed by atoms with van der Waals surface area (Å²) in [6.07, 6.45) is -0.798. The number of carbonyl (C=O) groups is 3. The Morgan fingerprint density at radius 2 is 1.79 bits per heavy atom. The smallest absolute Gasteiger partial charge is 0.408 e. The maximum absolute atomic E-state index is 14.3. The van der Waals surface area contributed by atoms with E-state index in [9.17, 15) is 23.2 Å². The van der Waals surface area contributed by atoms with Gasteiger partial charge in [-0.1, -0.05) is 17.4 Å². The summed E-state index contributed by atoms with van der Waals surface area (Å²) in [7, 11) is 0. The van der Waals surface area contributed by atoms with Crippen LogP contribution in [0.2, 0.25) is 0 Å². The number of benzene rings is 1. The van der Waals surface area contributed by atoms with Gasteiger partial charge in [0.15, 0.2) is 5.06 Å². The second kappa shape index (κ2) is 9.84. The molecule has 3 rings (SSSR count). The number of fused-ring (bicyclic) bond motifs is 1. The van der Waals surface area contributed by atoms with Gasteiger partial charge in [0, 0.05) is 5.56 Å². The molecular weight excluding hydrogens is 458 g/mol. The monoisotopic (exact) mass is 482 g/mol. The van der Waals surface area contributed by atoms with Crippen LogP contribution in [0.1, 0.15) is 49.2 Å². The summed E-state index contributed by atoms with van der Waals surface area (Å²) in [6.45, 7) is 6.90. The van der Waals surface area contributed by atoms with Gasteiger partial charge >= 0.3 is 6.09 Å². The molecule has 0 unspecified atom stereocenters. The molecule has 0 saturated heterocycles. The van der Waals surface area contributed by atoms with Gasteiger partial charge < -0.3 is 24.8 Å². The van der Waals surface area contributed by atoms with E-state index in [2.05, 4.69) is 10.6 Å². The van der Waals surface area contributed by atoms with Gasteiger partial charge in [0.05, 0.1) is 24.3 Å². The molecule has 1 aliphatic heterocycles. The zero-order chi connectivity index (χ0) is 24.3. The predicted molar refractivity (Wildman–Crippen MR) is 117 cm³/mol. The first-order valence-electron chi connectivity index (χ1n) is 10.1. The molecule has 178 valence electrons. The number of hydrogen-bond acceptors (Lipinski definition) is 7. The summed E-state index contributed by atoms with van der Waals surface area (Å²) in [5.74, 6) is -3.69. The highest BCUT2D eigenvalue weighted by molar-refractivity contribution is 7.18. The zero-order valence-corrected chi connectivity index (χ0v) is 19.4. The van der Waals surface area contributed by atoms with Gasteiger partial charge in [-0.05, 0) is 39.8 Å². The second-order valence-electron chi connectivity index (χ2n) is 8.26. The van der Waals surface area contributed by atoms with E-state index >= 15 is 0 Å². The van der Waals surface area contributed by atoms with Gasteiger partial charge in [0.25, 0.3) is 0 Å². The van der Waals surface area contributed by atoms with E-state index in [1.807, 2.05) is 0 Å². The lowest BCUT2D eigenvalue weighted by Crippen LogP contribution is -2.44. The first-order chi connectivity index (χ1) is 15.5. The van der Waals surface area contributed by atoms with Crippen LogP contribution in [-0.4, -0.2) is 42.6 Å². The lowest BCUT2D eigenvalue weighted by Gasteiger charge is -2.21. The standard InChI is InChI=1S/C22H24F2N2O6S/c1-11(25-21(29)32-22(2,3)4)18(28)26-19-15(12-10-30-8-9-31-20(12)33-19)17(27)16-13(23)6-5-7-14(16)24/h5-7,11H,8-10H2,1-4H3,(H,25,29)(H,26,28)/t11-/m0/s1. The van der Waals surface area contributed by atoms with E-state index in [0.717, 1.165) is 29.5 Å². The SMILES string of the molecule is C[C@H](NC(=O)OC(C)(C)C)C(=O)Nc1sc2c(c1C(=O)c1c(F)cccc1F)COCCO2. The molecule has 0 aliphatic carbocycles. The third-order valence-electron chi connectivity index (χ3n) is 4.46. The van der Waals surface area contributed by atoms with Gasteiger partial charge in [-0.2, -0.15) is 0 Å². The quantitative estimate of drug-likeness (QED) is 0.624. The number of halogens is 2. The zero-order valence-electron chi connectivity index (χ0n) is 18.5. The Morgan fingerprint density at radius 3 is 2.42 bits per heavy atom. The topological polar surface area (TPSA) is 103 Å². The molecule has 33 heavy (non-hydrogen) atoms. The third-order valence-corrected chi connectivity index (χ3v) is 5.52. The van der Waals surface area contributed by atoms with Crippen molar-refractivity contribution in [2.24, 2.45) is 0 Å². The Hall–Kier alpha value is -3.05. The van der Waals surface area contributed by atoms with Crippen molar-refractivity contribution >= 4 is 34.1 Å². The van der Waals surface area contributed by atoms with Gasteiger partial charge in [-0.15, -0.1) is 0 Å². The van der Waals surface area contributed by atoms with Crippen LogP contribution < -0.4 is 15.4 Å². The molecule has 0 spiro atoms. The summed E-state index contributed by atoms with van der Waals surface area (Å²) in [6, 6.07) is 2.06. The number of amides is 2. The molecule has 1 aromatic carbocycles. The second-order valence-corrected chi connectivity index (χ2v) is 9.24. The average molecular weight is 483 g/mol. The highest BCUT2D eigenvalue weighted by Crippen LogP contribution is 2.42. The van der Waals surface area contributed by atoms with E-state index in [4.69, 9.17) is 14.2 Å². The van der Waals surface area contributed by atoms with Crippen molar-refractivity contribution < 1.29 is 37.4 Å². The molecule has 2 amide bonds. The number of thiophene rings is 1. The van der Waals surface area contributed by atoms with Crippen LogP contribution in [0.4, 0.5) is 18.6 Å². The Balaban J connectivity index is 1.92. The fourth-order valence-corrected chi connectivity index (χ4v) is 4.08. The van der Waals surface area contributed by atoms with Crippen LogP contribution in [0, 0.1) is 11.6 Å². The maximum Gasteiger partial charge on any atom is 0.408 e. The van der Waals surface area contributed by atoms with E-state index in [-0.39, 0.29) is 35.9 Å². The van der Waals surface area contributed by atoms with Gasteiger partial charge in [0.1, 0.15) is 34.9 Å². The summed E-state index contributed by atoms with van der Waals surface area (Å²) >= 11 is 0.941. The van der Waals surface area contributed by atoms with Crippen molar-refractivity contribution in [1.29, 1.82) is 0 Å². The van der Waals surface area contributed by atoms with Gasteiger partial charge in [-0.25, -0.2) is 13.6 Å². The molecule has 0 bridgehead atoms. The number of anilines is 1. The number of ketones is 1. The molecule has 2 N–H and O–H groups in total. The number of hydrogen-bond donors (Lipinski definition) is 2. The highest BCUT2D eigenvalue weighted by Gasteiger charge is 2.32. The highest BCUT2D eigenvalue weighted by atomic mass is 32.1. The van der Waals surface area contributed by atoms with Crippen LogP contribution >= 0.6 is 11.3 Å². The van der Waals surface area contributed by atoms with E-state index in [0.29, 0.717) is 5.06 Å². The first kappa shape index (κ1) is 24.6. The minimum atomic E-state index is -1.04. The minimum absolute atomic E-state index is 0.0287. The van der Waals surface area contributed by atoms with Crippen molar-refractivity contribution in [3.63, 3.8) is 0 Å². The molecule has 1 atom stereocenters. The molecule has 1 aliphatic rings. The fourth-order valence-electron chi connectivity index (χ4n) is 3.00. The van der Waals surface area contributed by atoms with Crippen LogP contribution in [0.5, 0.6) is 5.06 Å². The minimum Gasteiger partial charge on any atom is -0.481 e. The Bertz CT molecular complexity index is 1060. The van der Waals surface area contributed by atoms with Crippen molar-refractivity contribution in [3.05, 3.63) is 46.5 Å². The number of nitrogens with one attached hydrogen (secondary N) is 2. The summed E-state index contributed by atoms with van der Waals surface area (Å²) in [4.78, 5) is 37.9. The molecule has 11 heteroatoms. The Kier molecular flexibility index (Phi) is 7.33. The van der Waals surface area contributed by atoms with Crippen LogP contribution in [-0.2, 0) is 20.9 Å². The number of rotatable bonds is 5. The predicted octanol–water partition coefficient (Wildman–Crippen LogP) is 4.02. The summed E-state index contributed by atoms with van der Waals surface area (Å²) < 4.78 is 44.8. The maximum atomic E-state index is 14.3. The lowest BCUT2D eigenvalue weighted by molar-refractivity contribution is -0.117. The third kappa shape index (κ3) is 5.85. The Morgan fingerprint density at radius 1 is 1.12 bits per heavy atom. The molecule has 2 aromatic rings. The summed E-state index contributed by atoms with van der Waals surface area (Å²) in [5, 5.41) is 5.28. The first-order valence-corrected chi connectivity index (χ1v) is 10.9. The number of carbonyl (C=O) groups excluding carboxylic acids is 3. The fraction of sp³-hybridized carbons (Fsp3) is 0.409. The van der Waals surface area contributed by atoms with Crippen LogP contribution in [0.15, 0.2) is 18.2 Å². The molecule has 0 fully saturated rings. The van der Waals surface area contributed by atoms with Gasteiger partial charge in [-0.3, -0.25) is 9.59 Å². The van der Waals surface area contributed by atoms with Crippen molar-refractivity contribution in [1.82, 2.24) is 5.32 Å². The van der Waals surface area contributed by atoms with E-state index < -0.39 is 46.6 Å². The molecule has 0 radical (unpaired) electrons. The van der Waals surface area contributed by atoms with Crippen molar-refractivity contribution in [2.45, 2.75) is 45.9 Å². The molecular formula is C22H24F2N2O6S. The van der Waals surface area contributed by atoms with Crippen LogP contribution in [0.3, 0.4) is 0 Å². The lowest BCUT2D eigenvalue weighted by atomic mass is 10.0. The Labute approximate surface area is 193 Å². The average Bonchev–Trinajstić information content (AvgIpc) is 2.86. The van der Waals surface area contributed by atoms with Crippen LogP contribution in [0.25, 0.3) is 0 Å². The molecule has 0 saturated carbocycles. The largest absolute Gasteiger partial charge is 0.481 e. The number of alkyl carbamates (subject to hydrolysis) is 1. The molecule has 8 nitrogen and oxygen atoms in total. The van der Waals surface area contributed by atoms with Crippen molar-refractivity contribution in [3.8, 4) is 5.06 Å². The molecule has 1 aromatic heterocycles. The van der Waals surface area contributed by atoms with E-state index in [1.165, 1.54) is 6.92 Å². The number of ether oxygens (including phenoxy) is 3.